The lowest BCUT2D eigenvalue weighted by Gasteiger charge is -2.09. The molecule has 17 heavy (non-hydrogen) atoms. The topological polar surface area (TPSA) is 26.3 Å². The zero-order valence-corrected chi connectivity index (χ0v) is 10.2. The predicted molar refractivity (Wildman–Crippen MR) is 63.9 cm³/mol. The summed E-state index contributed by atoms with van der Waals surface area (Å²) in [7, 11) is 0. The van der Waals surface area contributed by atoms with E-state index in [1.54, 1.807) is 6.07 Å². The second-order valence-corrected chi connectivity index (χ2v) is 4.58. The predicted octanol–water partition coefficient (Wildman–Crippen LogP) is 3.62. The molecule has 2 rings (SSSR count). The number of ketones is 1. The van der Waals surface area contributed by atoms with Crippen molar-refractivity contribution in [3.05, 3.63) is 34.6 Å². The number of hydrogen-bond acceptors (Lipinski definition) is 2. The van der Waals surface area contributed by atoms with Crippen LogP contribution < -0.4 is 0 Å². The van der Waals surface area contributed by atoms with Gasteiger partial charge >= 0.3 is 0 Å². The van der Waals surface area contributed by atoms with Crippen molar-refractivity contribution in [1.29, 1.82) is 0 Å². The molecule has 0 saturated carbocycles. The molecule has 1 heterocycles. The molecular formula is C13H14ClFO2. The lowest BCUT2D eigenvalue weighted by Crippen LogP contribution is -2.09. The maximum Gasteiger partial charge on any atom is 0.164 e. The van der Waals surface area contributed by atoms with E-state index in [2.05, 4.69) is 0 Å². The number of Topliss-reactive ketones (excluding diaryl/α,β-unsaturated/α-hetero) is 1. The molecule has 0 radical (unpaired) electrons. The fourth-order valence-corrected chi connectivity index (χ4v) is 2.25. The summed E-state index contributed by atoms with van der Waals surface area (Å²) in [5.74, 6) is -0.667. The summed E-state index contributed by atoms with van der Waals surface area (Å²) >= 11 is 5.76. The number of rotatable bonds is 4. The van der Waals surface area contributed by atoms with Gasteiger partial charge in [-0.15, -0.1) is 0 Å². The van der Waals surface area contributed by atoms with Gasteiger partial charge in [0.1, 0.15) is 5.82 Å². The third-order valence-electron chi connectivity index (χ3n) is 2.97. The van der Waals surface area contributed by atoms with Gasteiger partial charge in [-0.2, -0.15) is 0 Å². The monoisotopic (exact) mass is 256 g/mol. The maximum absolute atomic E-state index is 13.2. The van der Waals surface area contributed by atoms with Crippen molar-refractivity contribution < 1.29 is 13.9 Å². The minimum Gasteiger partial charge on any atom is -0.378 e. The van der Waals surface area contributed by atoms with Crippen LogP contribution in [0.2, 0.25) is 5.02 Å². The lowest BCUT2D eigenvalue weighted by molar-refractivity contribution is 0.0859. The Labute approximate surface area is 105 Å². The normalized spacial score (nSPS) is 19.5. The minimum absolute atomic E-state index is 0.0789. The Morgan fingerprint density at radius 2 is 2.35 bits per heavy atom. The number of hydrogen-bond donors (Lipinski definition) is 0. The van der Waals surface area contributed by atoms with Crippen LogP contribution in [0.1, 0.15) is 36.0 Å². The highest BCUT2D eigenvalue weighted by molar-refractivity contribution is 6.34. The third kappa shape index (κ3) is 3.05. The maximum atomic E-state index is 13.2. The quantitative estimate of drug-likeness (QED) is 0.769. The second kappa shape index (κ2) is 5.61. The molecule has 2 nitrogen and oxygen atoms in total. The summed E-state index contributed by atoms with van der Waals surface area (Å²) in [5.41, 5.74) is 0.268. The third-order valence-corrected chi connectivity index (χ3v) is 3.35. The van der Waals surface area contributed by atoms with Gasteiger partial charge in [-0.25, -0.2) is 4.39 Å². The molecule has 1 saturated heterocycles. The Bertz CT molecular complexity index is 414. The number of halogens is 2. The van der Waals surface area contributed by atoms with Crippen molar-refractivity contribution in [2.24, 2.45) is 0 Å². The Morgan fingerprint density at radius 3 is 3.06 bits per heavy atom. The lowest BCUT2D eigenvalue weighted by atomic mass is 10.0. The zero-order chi connectivity index (χ0) is 12.3. The van der Waals surface area contributed by atoms with Gasteiger partial charge in [-0.05, 0) is 31.4 Å². The average Bonchev–Trinajstić information content (AvgIpc) is 2.82. The van der Waals surface area contributed by atoms with E-state index in [1.807, 2.05) is 0 Å². The average molecular weight is 257 g/mol. The van der Waals surface area contributed by atoms with E-state index in [4.69, 9.17) is 16.3 Å². The van der Waals surface area contributed by atoms with Gasteiger partial charge in [-0.3, -0.25) is 4.79 Å². The van der Waals surface area contributed by atoms with Crippen molar-refractivity contribution >= 4 is 17.4 Å². The highest BCUT2D eigenvalue weighted by Gasteiger charge is 2.19. The molecule has 0 N–H and O–H groups in total. The van der Waals surface area contributed by atoms with Crippen molar-refractivity contribution in [2.45, 2.75) is 31.8 Å². The second-order valence-electron chi connectivity index (χ2n) is 4.20. The number of ether oxygens (including phenoxy) is 1. The Balaban J connectivity index is 1.97. The zero-order valence-electron chi connectivity index (χ0n) is 9.42. The van der Waals surface area contributed by atoms with Gasteiger partial charge in [-0.1, -0.05) is 17.7 Å². The van der Waals surface area contributed by atoms with Crippen LogP contribution in [-0.4, -0.2) is 18.5 Å². The molecule has 1 unspecified atom stereocenters. The first-order valence-electron chi connectivity index (χ1n) is 5.77. The summed E-state index contributed by atoms with van der Waals surface area (Å²) in [6.07, 6.45) is 3.27. The van der Waals surface area contributed by atoms with E-state index in [0.717, 1.165) is 19.4 Å². The van der Waals surface area contributed by atoms with Crippen LogP contribution in [0.4, 0.5) is 4.39 Å². The fraction of sp³-hybridized carbons (Fsp3) is 0.462. The van der Waals surface area contributed by atoms with Crippen LogP contribution in [0.5, 0.6) is 0 Å². The molecule has 0 bridgehead atoms. The molecule has 0 aliphatic carbocycles. The van der Waals surface area contributed by atoms with Crippen LogP contribution in [-0.2, 0) is 4.74 Å². The Kier molecular flexibility index (Phi) is 4.13. The number of benzene rings is 1. The van der Waals surface area contributed by atoms with Gasteiger partial charge in [0.2, 0.25) is 0 Å². The van der Waals surface area contributed by atoms with Gasteiger partial charge in [0.15, 0.2) is 5.78 Å². The number of carbonyl (C=O) groups is 1. The molecule has 1 aromatic rings. The van der Waals surface area contributed by atoms with E-state index in [1.165, 1.54) is 12.1 Å². The van der Waals surface area contributed by atoms with Crippen LogP contribution in [0, 0.1) is 5.82 Å². The molecule has 1 aliphatic rings. The fourth-order valence-electron chi connectivity index (χ4n) is 2.02. The van der Waals surface area contributed by atoms with Crippen LogP contribution >= 0.6 is 11.6 Å². The molecule has 1 atom stereocenters. The van der Waals surface area contributed by atoms with E-state index in [0.29, 0.717) is 12.8 Å². The molecule has 92 valence electrons. The van der Waals surface area contributed by atoms with E-state index in [9.17, 15) is 9.18 Å². The van der Waals surface area contributed by atoms with Crippen molar-refractivity contribution in [2.75, 3.05) is 6.61 Å². The highest BCUT2D eigenvalue weighted by Crippen LogP contribution is 2.23. The van der Waals surface area contributed by atoms with Gasteiger partial charge in [0.25, 0.3) is 0 Å². The number of carbonyl (C=O) groups excluding carboxylic acids is 1. The molecule has 0 amide bonds. The molecular weight excluding hydrogens is 243 g/mol. The summed E-state index contributed by atoms with van der Waals surface area (Å²) in [5, 5.41) is -0.0789. The highest BCUT2D eigenvalue weighted by atomic mass is 35.5. The molecule has 1 fully saturated rings. The molecule has 4 heteroatoms. The van der Waals surface area contributed by atoms with E-state index < -0.39 is 5.82 Å². The van der Waals surface area contributed by atoms with Crippen molar-refractivity contribution in [3.63, 3.8) is 0 Å². The SMILES string of the molecule is O=C(CCC1CCCO1)c1cccc(F)c1Cl. The standard InChI is InChI=1S/C13H14ClFO2/c14-13-10(4-1-5-11(13)15)12(16)7-6-9-3-2-8-17-9/h1,4-5,9H,2-3,6-8H2. The Morgan fingerprint density at radius 1 is 1.53 bits per heavy atom. The minimum atomic E-state index is -0.547. The summed E-state index contributed by atoms with van der Waals surface area (Å²) in [6, 6.07) is 4.31. The molecule has 1 aliphatic heterocycles. The van der Waals surface area contributed by atoms with E-state index in [-0.39, 0.29) is 22.5 Å². The van der Waals surface area contributed by atoms with Crippen LogP contribution in [0.15, 0.2) is 18.2 Å². The summed E-state index contributed by atoms with van der Waals surface area (Å²) < 4.78 is 18.6. The van der Waals surface area contributed by atoms with Crippen LogP contribution in [0.25, 0.3) is 0 Å². The molecule has 0 spiro atoms. The summed E-state index contributed by atoms with van der Waals surface area (Å²) in [6.45, 7) is 0.777. The Hall–Kier alpha value is -0.930. The van der Waals surface area contributed by atoms with Crippen LogP contribution in [0.3, 0.4) is 0 Å². The van der Waals surface area contributed by atoms with Gasteiger partial charge < -0.3 is 4.74 Å². The first kappa shape index (κ1) is 12.5. The van der Waals surface area contributed by atoms with Crippen molar-refractivity contribution in [3.8, 4) is 0 Å². The first-order valence-corrected chi connectivity index (χ1v) is 6.15. The summed E-state index contributed by atoms with van der Waals surface area (Å²) in [4.78, 5) is 11.9. The smallest absolute Gasteiger partial charge is 0.164 e. The van der Waals surface area contributed by atoms with Gasteiger partial charge in [0, 0.05) is 18.6 Å². The first-order chi connectivity index (χ1) is 8.18. The largest absolute Gasteiger partial charge is 0.378 e. The van der Waals surface area contributed by atoms with Gasteiger partial charge in [0.05, 0.1) is 11.1 Å². The van der Waals surface area contributed by atoms with E-state index >= 15 is 0 Å². The molecule has 1 aromatic carbocycles. The molecule has 0 aromatic heterocycles. The van der Waals surface area contributed by atoms with Crippen molar-refractivity contribution in [1.82, 2.24) is 0 Å².